The Morgan fingerprint density at radius 2 is 0.237 bits per heavy atom. The summed E-state index contributed by atoms with van der Waals surface area (Å²) in [6.07, 6.45) is 0. The summed E-state index contributed by atoms with van der Waals surface area (Å²) in [6.45, 7) is 0. The van der Waals surface area contributed by atoms with Crippen LogP contribution in [0.25, 0.3) is 0 Å². The normalized spacial score (nSPS) is 7.76. The van der Waals surface area contributed by atoms with Gasteiger partial charge in [0, 0.05) is 0 Å². The van der Waals surface area contributed by atoms with Crippen LogP contribution in [-0.4, -0.2) is 27.4 Å². The molecule has 0 saturated heterocycles. The van der Waals surface area contributed by atoms with Crippen molar-refractivity contribution in [2.24, 2.45) is 0 Å². The van der Waals surface area contributed by atoms with Gasteiger partial charge in [0.25, 0.3) is 0 Å². The van der Waals surface area contributed by atoms with Crippen molar-refractivity contribution in [3.8, 4) is 0 Å². The smallest absolute Gasteiger partial charge is 0.870 e. The average Bonchev–Trinajstić information content (AvgIpc) is 1.79. The van der Waals surface area contributed by atoms with Crippen molar-refractivity contribution in [3.05, 3.63) is 0 Å². The van der Waals surface area contributed by atoms with Crippen molar-refractivity contribution in [1.29, 1.82) is 0 Å². The maximum Gasteiger partial charge on any atom is 3.00 e. The molecule has 0 amide bonds. The summed E-state index contributed by atoms with van der Waals surface area (Å²) in [5, 5.41) is 0. The minimum absolute atomic E-state index is 0. The third kappa shape index (κ3) is 3110. The third-order valence-corrected chi connectivity index (χ3v) is 0. The molecule has 0 aliphatic heterocycles. The Hall–Kier alpha value is 4.51. The molecule has 0 aliphatic carbocycles. The van der Waals surface area contributed by atoms with Crippen molar-refractivity contribution >= 4 is 39.1 Å². The van der Waals surface area contributed by atoms with E-state index < -0.39 is 39.1 Å². The zero-order chi connectivity index (χ0) is 22.5. The first-order chi connectivity index (χ1) is 10.0. The van der Waals surface area contributed by atoms with E-state index in [1.54, 1.807) is 0 Å². The summed E-state index contributed by atoms with van der Waals surface area (Å²) in [5.74, 6) is 0. The standard InChI is InChI=1S/4Fe.4Mn.5H3O4P.5H2O/c;;;;;;;;5*1-5(2,3)4;;;;;/h;;;;;;;;5*(H3,1,2,3,4);5*1H2/q4*+3;4*+2;;;;;;;;;;/p-20. The average molecular weight is 1000 g/mol. The Balaban J connectivity index is -0.00000000758. The van der Waals surface area contributed by atoms with Gasteiger partial charge in [-0.15, -0.1) is 0 Å². The molecule has 0 rings (SSSR count). The molecular formula is H5Fe4Mn4O25P5. The molecule has 0 unspecified atom stereocenters. The summed E-state index contributed by atoms with van der Waals surface area (Å²) in [6, 6.07) is 0. The van der Waals surface area contributed by atoms with E-state index in [0.29, 0.717) is 0 Å². The van der Waals surface area contributed by atoms with Crippen molar-refractivity contribution < 1.29 is 260 Å². The van der Waals surface area contributed by atoms with Crippen LogP contribution in [0.2, 0.25) is 0 Å². The van der Waals surface area contributed by atoms with Gasteiger partial charge < -0.3 is 124 Å². The Morgan fingerprint density at radius 1 is 0.237 bits per heavy atom. The van der Waals surface area contributed by atoms with Crippen LogP contribution in [0.4, 0.5) is 0 Å². The Kier molecular flexibility index (Phi) is 184. The van der Waals surface area contributed by atoms with Crippen LogP contribution in [0, 0.1) is 0 Å². The van der Waals surface area contributed by atoms with Gasteiger partial charge in [0.05, 0.1) is 0 Å². The van der Waals surface area contributed by atoms with Gasteiger partial charge in [-0.1, -0.05) is 0 Å². The third-order valence-electron chi connectivity index (χ3n) is 0. The van der Waals surface area contributed by atoms with Crippen LogP contribution in [0.15, 0.2) is 0 Å². The Bertz CT molecular complexity index is 403. The fraction of sp³-hybridized carbons (Fsp3) is 0. The molecule has 0 spiro atoms. The first kappa shape index (κ1) is 122. The zero-order valence-electron chi connectivity index (χ0n) is 15.6. The van der Waals surface area contributed by atoms with Gasteiger partial charge >= 0.3 is 137 Å². The largest absolute Gasteiger partial charge is 3.00 e. The van der Waals surface area contributed by atoms with E-state index in [0.717, 1.165) is 0 Å². The molecule has 38 heavy (non-hydrogen) atoms. The Morgan fingerprint density at radius 3 is 0.237 bits per heavy atom. The predicted molar refractivity (Wildman–Crippen MR) is 47.7 cm³/mol. The molecule has 0 aromatic rings. The molecule has 0 heterocycles. The van der Waals surface area contributed by atoms with E-state index in [2.05, 4.69) is 0 Å². The van der Waals surface area contributed by atoms with E-state index in [-0.39, 0.29) is 164 Å². The maximum absolute atomic E-state index is 8.55. The molecule has 0 aromatic heterocycles. The second kappa shape index (κ2) is 57.2. The van der Waals surface area contributed by atoms with Gasteiger partial charge in [-0.2, -0.15) is 39.1 Å². The van der Waals surface area contributed by atoms with Gasteiger partial charge in [0.1, 0.15) is 0 Å². The van der Waals surface area contributed by atoms with Gasteiger partial charge in [0.2, 0.25) is 0 Å². The molecule has 8 radical (unpaired) electrons. The van der Waals surface area contributed by atoms with Crippen molar-refractivity contribution in [2.45, 2.75) is 0 Å². The molecule has 240 valence electrons. The molecule has 38 heteroatoms. The van der Waals surface area contributed by atoms with Crippen molar-refractivity contribution in [3.63, 3.8) is 0 Å². The minimum atomic E-state index is -5.39. The fourth-order valence-corrected chi connectivity index (χ4v) is 0. The maximum atomic E-state index is 8.55. The summed E-state index contributed by atoms with van der Waals surface area (Å²) >= 11 is 0. The molecule has 5 N–H and O–H groups in total. The molecule has 0 saturated carbocycles. The minimum Gasteiger partial charge on any atom is -0.870 e. The quantitative estimate of drug-likeness (QED) is 0.161. The van der Waals surface area contributed by atoms with Crippen LogP contribution in [0.5, 0.6) is 0 Å². The number of hydrogen-bond acceptors (Lipinski definition) is 25. The van der Waals surface area contributed by atoms with Gasteiger partial charge in [-0.05, 0) is 0 Å². The SMILES string of the molecule is O=P([O-])([O-])[O-].O=P([O-])([O-])[O-].O=P([O-])([O-])[O-].O=P([O-])([O-])[O-].O=P([O-])([O-])[O-].[Fe+3].[Fe+3].[Fe+3].[Fe+3].[Mn+2].[Mn+2].[Mn+2].[Mn+2].[OH-].[OH-].[OH-].[OH-].[OH-]. The number of hydrogen-bond donors (Lipinski definition) is 0. The fourth-order valence-electron chi connectivity index (χ4n) is 0. The number of phosphoric acid groups is 5. The summed E-state index contributed by atoms with van der Waals surface area (Å²) < 4.78 is 42.7. The summed E-state index contributed by atoms with van der Waals surface area (Å²) in [4.78, 5) is 128. The topological polar surface area (TPSA) is 581 Å². The molecule has 0 fully saturated rings. The van der Waals surface area contributed by atoms with Gasteiger partial charge in [-0.25, -0.2) is 0 Å². The van der Waals surface area contributed by atoms with Crippen LogP contribution >= 0.6 is 39.1 Å². The summed E-state index contributed by atoms with van der Waals surface area (Å²) in [7, 11) is -26.9. The molecular weight excluding hydrogens is 998 g/mol. The van der Waals surface area contributed by atoms with Crippen LogP contribution < -0.4 is 73.4 Å². The predicted octanol–water partition coefficient (Wildman–Crippen LogP) is -15.0. The molecule has 25 nitrogen and oxygen atoms in total. The summed E-state index contributed by atoms with van der Waals surface area (Å²) in [5.41, 5.74) is 0. The number of rotatable bonds is 0. The van der Waals surface area contributed by atoms with Crippen LogP contribution in [0.3, 0.4) is 0 Å². The second-order valence-corrected chi connectivity index (χ2v) is 6.71. The second-order valence-electron chi connectivity index (χ2n) is 2.24. The van der Waals surface area contributed by atoms with Gasteiger partial charge in [-0.3, -0.25) is 0 Å². The van der Waals surface area contributed by atoms with Crippen LogP contribution in [0.1, 0.15) is 0 Å². The van der Waals surface area contributed by atoms with E-state index >= 15 is 0 Å². The molecule has 0 aliphatic rings. The molecule has 0 aromatic carbocycles. The first-order valence-electron chi connectivity index (χ1n) is 3.65. The van der Waals surface area contributed by atoms with Crippen molar-refractivity contribution in [1.82, 2.24) is 0 Å². The van der Waals surface area contributed by atoms with Crippen LogP contribution in [-0.2, 0) is 159 Å². The van der Waals surface area contributed by atoms with E-state index in [1.165, 1.54) is 0 Å². The molecule has 0 atom stereocenters. The van der Waals surface area contributed by atoms with E-state index in [9.17, 15) is 0 Å². The van der Waals surface area contributed by atoms with Gasteiger partial charge in [0.15, 0.2) is 0 Å². The van der Waals surface area contributed by atoms with Crippen molar-refractivity contribution in [2.75, 3.05) is 0 Å². The zero-order valence-corrected chi connectivity index (χ0v) is 29.2. The Labute approximate surface area is 296 Å². The monoisotopic (exact) mass is 1000 g/mol. The first-order valence-corrected chi connectivity index (χ1v) is 11.0. The van der Waals surface area contributed by atoms with E-state index in [1.807, 2.05) is 0 Å². The molecule has 0 bridgehead atoms. The van der Waals surface area contributed by atoms with E-state index in [4.69, 9.17) is 96.2 Å².